The highest BCUT2D eigenvalue weighted by atomic mass is 16.7. The largest absolute Gasteiger partial charge is 0.454 e. The number of hydrogen-bond donors (Lipinski definition) is 2. The summed E-state index contributed by atoms with van der Waals surface area (Å²) in [5.74, 6) is 1.28. The molecule has 21 heavy (non-hydrogen) atoms. The van der Waals surface area contributed by atoms with Crippen molar-refractivity contribution in [3.05, 3.63) is 23.8 Å². The molecule has 0 saturated carbocycles. The van der Waals surface area contributed by atoms with Gasteiger partial charge in [0.15, 0.2) is 11.5 Å². The quantitative estimate of drug-likeness (QED) is 0.820. The molecule has 0 spiro atoms. The number of carbonyl (C=O) groups is 1. The van der Waals surface area contributed by atoms with Gasteiger partial charge in [-0.1, -0.05) is 6.07 Å². The van der Waals surface area contributed by atoms with Gasteiger partial charge in [0.05, 0.1) is 18.1 Å². The summed E-state index contributed by atoms with van der Waals surface area (Å²) in [5.41, 5.74) is -0.272. The molecule has 1 saturated heterocycles. The number of rotatable bonds is 2. The molecule has 0 aromatic heterocycles. The predicted octanol–water partition coefficient (Wildman–Crippen LogP) is 0.302. The molecule has 0 aliphatic carbocycles. The Hall–Kier alpha value is -1.79. The third-order valence-corrected chi connectivity index (χ3v) is 4.14. The Bertz CT molecular complexity index is 557. The second-order valence-corrected chi connectivity index (χ2v) is 5.83. The van der Waals surface area contributed by atoms with E-state index < -0.39 is 11.7 Å². The van der Waals surface area contributed by atoms with Crippen molar-refractivity contribution in [1.29, 1.82) is 0 Å². The zero-order valence-electron chi connectivity index (χ0n) is 11.9. The van der Waals surface area contributed by atoms with Gasteiger partial charge >= 0.3 is 0 Å². The summed E-state index contributed by atoms with van der Waals surface area (Å²) in [6.45, 7) is 2.42. The van der Waals surface area contributed by atoms with E-state index in [1.807, 2.05) is 6.07 Å². The lowest BCUT2D eigenvalue weighted by Crippen LogP contribution is -2.55. The predicted molar refractivity (Wildman–Crippen MR) is 74.1 cm³/mol. The van der Waals surface area contributed by atoms with Crippen molar-refractivity contribution in [3.8, 4) is 11.5 Å². The van der Waals surface area contributed by atoms with Crippen LogP contribution in [0.5, 0.6) is 11.5 Å². The molecule has 1 amide bonds. The number of carbonyl (C=O) groups excluding carboxylic acids is 1. The number of benzene rings is 1. The van der Waals surface area contributed by atoms with Crippen LogP contribution in [0.2, 0.25) is 0 Å². The fourth-order valence-corrected chi connectivity index (χ4v) is 2.59. The fourth-order valence-electron chi connectivity index (χ4n) is 2.59. The molecule has 2 aliphatic rings. The Morgan fingerprint density at radius 2 is 2.19 bits per heavy atom. The number of aliphatic hydroxyl groups is 2. The lowest BCUT2D eigenvalue weighted by molar-refractivity contribution is -0.145. The summed E-state index contributed by atoms with van der Waals surface area (Å²) in [5, 5.41) is 19.8. The van der Waals surface area contributed by atoms with E-state index in [1.54, 1.807) is 24.0 Å². The van der Waals surface area contributed by atoms with Gasteiger partial charge in [0.2, 0.25) is 12.7 Å². The van der Waals surface area contributed by atoms with Crippen LogP contribution in [0.1, 0.15) is 18.9 Å². The van der Waals surface area contributed by atoms with Gasteiger partial charge in [0.25, 0.3) is 0 Å². The minimum absolute atomic E-state index is 0.0663. The molecule has 2 heterocycles. The van der Waals surface area contributed by atoms with E-state index >= 15 is 0 Å². The molecule has 0 radical (unpaired) electrons. The molecule has 6 heteroatoms. The highest BCUT2D eigenvalue weighted by Gasteiger charge is 2.37. The molecular weight excluding hydrogens is 274 g/mol. The zero-order valence-corrected chi connectivity index (χ0v) is 11.9. The molecule has 114 valence electrons. The second-order valence-electron chi connectivity index (χ2n) is 5.83. The monoisotopic (exact) mass is 293 g/mol. The number of β-amino-alcohol motifs (C(OH)–C–C–N with tert-alkyl or cyclic N) is 1. The third-order valence-electron chi connectivity index (χ3n) is 4.14. The van der Waals surface area contributed by atoms with Gasteiger partial charge in [-0.3, -0.25) is 4.79 Å². The van der Waals surface area contributed by atoms with Crippen LogP contribution in [0, 0.1) is 0 Å². The van der Waals surface area contributed by atoms with Crippen LogP contribution in [0.3, 0.4) is 0 Å². The molecule has 1 fully saturated rings. The number of amides is 1. The number of fused-ring (bicyclic) bond motifs is 1. The van der Waals surface area contributed by atoms with E-state index in [1.165, 1.54) is 0 Å². The van der Waals surface area contributed by atoms with Crippen molar-refractivity contribution in [2.24, 2.45) is 0 Å². The van der Waals surface area contributed by atoms with Gasteiger partial charge in [-0.25, -0.2) is 0 Å². The van der Waals surface area contributed by atoms with Crippen LogP contribution in [-0.2, 0) is 11.2 Å². The molecule has 3 rings (SSSR count). The second kappa shape index (κ2) is 5.20. The minimum atomic E-state index is -1.12. The van der Waals surface area contributed by atoms with Crippen LogP contribution in [-0.4, -0.2) is 52.6 Å². The summed E-state index contributed by atoms with van der Waals surface area (Å²) in [6, 6.07) is 5.43. The topological polar surface area (TPSA) is 79.2 Å². The number of hydrogen-bond acceptors (Lipinski definition) is 5. The van der Waals surface area contributed by atoms with Crippen LogP contribution in [0.25, 0.3) is 0 Å². The van der Waals surface area contributed by atoms with Gasteiger partial charge in [-0.15, -0.1) is 0 Å². The number of piperidine rings is 1. The molecule has 1 aromatic carbocycles. The number of nitrogens with zero attached hydrogens (tertiary/aromatic N) is 1. The fraction of sp³-hybridized carbons (Fsp3) is 0.533. The van der Waals surface area contributed by atoms with Crippen molar-refractivity contribution in [3.63, 3.8) is 0 Å². The van der Waals surface area contributed by atoms with Crippen LogP contribution < -0.4 is 9.47 Å². The Kier molecular flexibility index (Phi) is 3.51. The Morgan fingerprint density at radius 3 is 2.95 bits per heavy atom. The normalized spacial score (nSPS) is 27.8. The Labute approximate surface area is 122 Å². The first-order valence-electron chi connectivity index (χ1n) is 7.02. The summed E-state index contributed by atoms with van der Waals surface area (Å²) in [6.07, 6.45) is -0.293. The number of likely N-dealkylation sites (tertiary alicyclic amines) is 1. The average molecular weight is 293 g/mol. The van der Waals surface area contributed by atoms with Gasteiger partial charge in [0, 0.05) is 13.1 Å². The first-order valence-corrected chi connectivity index (χ1v) is 7.02. The van der Waals surface area contributed by atoms with E-state index in [0.29, 0.717) is 24.5 Å². The standard InChI is InChI=1S/C15H19NO5/c1-15(19)4-5-16(8-13(15)17)14(18)7-10-2-3-11-12(6-10)21-9-20-11/h2-3,6,13,17,19H,4-5,7-9H2,1H3/t13-,15-/m0/s1. The molecule has 6 nitrogen and oxygen atoms in total. The summed E-state index contributed by atoms with van der Waals surface area (Å²) in [7, 11) is 0. The third kappa shape index (κ3) is 2.82. The van der Waals surface area contributed by atoms with Crippen molar-refractivity contribution in [2.45, 2.75) is 31.5 Å². The lowest BCUT2D eigenvalue weighted by atomic mass is 9.90. The van der Waals surface area contributed by atoms with Crippen molar-refractivity contribution < 1.29 is 24.5 Å². The molecule has 2 aliphatic heterocycles. The molecule has 2 N–H and O–H groups in total. The maximum atomic E-state index is 12.3. The van der Waals surface area contributed by atoms with E-state index in [0.717, 1.165) is 5.56 Å². The Morgan fingerprint density at radius 1 is 1.43 bits per heavy atom. The minimum Gasteiger partial charge on any atom is -0.454 e. The molecule has 1 aromatic rings. The van der Waals surface area contributed by atoms with Gasteiger partial charge in [0.1, 0.15) is 0 Å². The average Bonchev–Trinajstić information content (AvgIpc) is 2.89. The lowest BCUT2D eigenvalue weighted by Gasteiger charge is -2.40. The maximum Gasteiger partial charge on any atom is 0.231 e. The molecule has 0 bridgehead atoms. The van der Waals surface area contributed by atoms with Gasteiger partial charge in [-0.2, -0.15) is 0 Å². The zero-order chi connectivity index (χ0) is 15.0. The van der Waals surface area contributed by atoms with Crippen molar-refractivity contribution in [1.82, 2.24) is 4.90 Å². The highest BCUT2D eigenvalue weighted by Crippen LogP contribution is 2.32. The van der Waals surface area contributed by atoms with E-state index in [2.05, 4.69) is 0 Å². The summed E-state index contributed by atoms with van der Waals surface area (Å²) < 4.78 is 10.5. The SMILES string of the molecule is C[C@]1(O)CCN(C(=O)Cc2ccc3c(c2)OCO3)C[C@@H]1O. The van der Waals surface area contributed by atoms with E-state index in [4.69, 9.17) is 9.47 Å². The van der Waals surface area contributed by atoms with Crippen molar-refractivity contribution in [2.75, 3.05) is 19.9 Å². The maximum absolute atomic E-state index is 12.3. The van der Waals surface area contributed by atoms with Gasteiger partial charge < -0.3 is 24.6 Å². The Balaban J connectivity index is 1.64. The smallest absolute Gasteiger partial charge is 0.231 e. The molecular formula is C15H19NO5. The summed E-state index contributed by atoms with van der Waals surface area (Å²) in [4.78, 5) is 13.9. The number of ether oxygens (including phenoxy) is 2. The number of aliphatic hydroxyl groups excluding tert-OH is 1. The van der Waals surface area contributed by atoms with E-state index in [9.17, 15) is 15.0 Å². The molecule has 2 atom stereocenters. The van der Waals surface area contributed by atoms with E-state index in [-0.39, 0.29) is 25.7 Å². The first kappa shape index (κ1) is 14.2. The first-order chi connectivity index (χ1) is 9.95. The molecule has 0 unspecified atom stereocenters. The summed E-state index contributed by atoms with van der Waals surface area (Å²) >= 11 is 0. The van der Waals surface area contributed by atoms with Gasteiger partial charge in [-0.05, 0) is 31.0 Å². The van der Waals surface area contributed by atoms with Crippen molar-refractivity contribution >= 4 is 5.91 Å². The van der Waals surface area contributed by atoms with Crippen LogP contribution >= 0.6 is 0 Å². The van der Waals surface area contributed by atoms with Crippen LogP contribution in [0.15, 0.2) is 18.2 Å². The van der Waals surface area contributed by atoms with Crippen LogP contribution in [0.4, 0.5) is 0 Å². The highest BCUT2D eigenvalue weighted by molar-refractivity contribution is 5.79.